The molecule has 0 fully saturated rings. The number of rotatable bonds is 2. The Labute approximate surface area is 94.9 Å². The van der Waals surface area contributed by atoms with Crippen LogP contribution in [0.25, 0.3) is 0 Å². The third-order valence-electron chi connectivity index (χ3n) is 1.52. The molecule has 0 saturated heterocycles. The summed E-state index contributed by atoms with van der Waals surface area (Å²) in [5, 5.41) is 10.4. The zero-order valence-corrected chi connectivity index (χ0v) is 9.38. The van der Waals surface area contributed by atoms with E-state index in [2.05, 4.69) is 0 Å². The number of nitro groups is 1. The fraction of sp³-hybridized carbons (Fsp3) is 0.250. The maximum atomic E-state index is 12.6. The number of benzene rings is 1. The lowest BCUT2D eigenvalue weighted by molar-refractivity contribution is -0.388. The van der Waals surface area contributed by atoms with Gasteiger partial charge < -0.3 is 0 Å². The van der Waals surface area contributed by atoms with Crippen molar-refractivity contribution in [1.29, 1.82) is 0 Å². The second kappa shape index (κ2) is 6.18. The van der Waals surface area contributed by atoms with Crippen molar-refractivity contribution in [3.8, 4) is 0 Å². The Bertz CT molecular complexity index is 503. The number of sulfone groups is 1. The van der Waals surface area contributed by atoms with Crippen molar-refractivity contribution >= 4 is 15.5 Å². The summed E-state index contributed by atoms with van der Waals surface area (Å²) in [7, 11) is -3.70. The molecule has 0 N–H and O–H groups in total. The minimum absolute atomic E-state index is 0.482. The molecule has 1 aromatic rings. The molecule has 1 rings (SSSR count). The Kier molecular flexibility index (Phi) is 5.59. The molecule has 0 aliphatic heterocycles. The molecule has 5 nitrogen and oxygen atoms in total. The van der Waals surface area contributed by atoms with Crippen molar-refractivity contribution in [2.24, 2.45) is 0 Å². The molecule has 96 valence electrons. The highest BCUT2D eigenvalue weighted by molar-refractivity contribution is 7.90. The summed E-state index contributed by atoms with van der Waals surface area (Å²) in [6.07, 6.45) is 0.827. The van der Waals surface area contributed by atoms with Gasteiger partial charge in [0, 0.05) is 6.26 Å². The van der Waals surface area contributed by atoms with E-state index in [0.717, 1.165) is 18.4 Å². The summed E-state index contributed by atoms with van der Waals surface area (Å²) in [5.74, 6) is -0.843. The van der Waals surface area contributed by atoms with Gasteiger partial charge in [-0.3, -0.25) is 10.1 Å². The molecule has 0 aliphatic carbocycles. The maximum absolute atomic E-state index is 12.6. The molecule has 0 radical (unpaired) electrons. The van der Waals surface area contributed by atoms with E-state index in [0.29, 0.717) is 6.07 Å². The number of hydrogen-bond donors (Lipinski definition) is 0. The molecule has 0 saturated carbocycles. The fourth-order valence-corrected chi connectivity index (χ4v) is 1.78. The van der Waals surface area contributed by atoms with Crippen molar-refractivity contribution < 1.29 is 26.5 Å². The Balaban J connectivity index is 0.000000770. The van der Waals surface area contributed by atoms with Crippen LogP contribution >= 0.6 is 0 Å². The summed E-state index contributed by atoms with van der Waals surface area (Å²) in [6.45, 7) is -1.75. The van der Waals surface area contributed by atoms with Crippen LogP contribution in [-0.2, 0) is 9.84 Å². The smallest absolute Gasteiger partial charge is 0.258 e. The van der Waals surface area contributed by atoms with Crippen LogP contribution in [0.1, 0.15) is 0 Å². The van der Waals surface area contributed by atoms with E-state index < -0.39 is 38.1 Å². The zero-order chi connectivity index (χ0) is 13.6. The minimum atomic E-state index is -3.70. The van der Waals surface area contributed by atoms with Gasteiger partial charge in [-0.1, -0.05) is 0 Å². The van der Waals surface area contributed by atoms with E-state index in [4.69, 9.17) is 0 Å². The first-order chi connectivity index (χ1) is 7.73. The molecule has 0 aliphatic rings. The van der Waals surface area contributed by atoms with Crippen LogP contribution in [-0.4, -0.2) is 26.5 Å². The van der Waals surface area contributed by atoms with Gasteiger partial charge in [-0.25, -0.2) is 21.6 Å². The average molecular weight is 271 g/mol. The first kappa shape index (κ1) is 15.4. The van der Waals surface area contributed by atoms with Crippen molar-refractivity contribution in [2.75, 3.05) is 13.2 Å². The van der Waals surface area contributed by atoms with Gasteiger partial charge in [0.2, 0.25) is 6.93 Å². The Morgan fingerprint density at radius 2 is 1.82 bits per heavy atom. The average Bonchev–Trinajstić information content (AvgIpc) is 2.16. The lowest BCUT2D eigenvalue weighted by Gasteiger charge is -1.99. The molecule has 9 heteroatoms. The molecule has 0 unspecified atom stereocenters. The van der Waals surface area contributed by atoms with Gasteiger partial charge in [-0.15, -0.1) is 0 Å². The van der Waals surface area contributed by atoms with Crippen molar-refractivity contribution in [3.05, 3.63) is 34.1 Å². The zero-order valence-electron chi connectivity index (χ0n) is 8.56. The highest BCUT2D eigenvalue weighted by Crippen LogP contribution is 2.23. The van der Waals surface area contributed by atoms with Gasteiger partial charge in [0.25, 0.3) is 5.69 Å². The number of nitro benzene ring substituents is 1. The quantitative estimate of drug-likeness (QED) is 0.468. The van der Waals surface area contributed by atoms with E-state index in [1.807, 2.05) is 0 Å². The lowest BCUT2D eigenvalue weighted by Crippen LogP contribution is -2.02. The summed E-state index contributed by atoms with van der Waals surface area (Å²) >= 11 is 0. The molecule has 17 heavy (non-hydrogen) atoms. The fourth-order valence-electron chi connectivity index (χ4n) is 0.947. The Morgan fingerprint density at radius 3 is 2.18 bits per heavy atom. The number of alkyl halides is 2. The summed E-state index contributed by atoms with van der Waals surface area (Å²) in [6, 6.07) is 2.32. The molecular formula is C8H8F3NO4S. The van der Waals surface area contributed by atoms with Gasteiger partial charge in [0.15, 0.2) is 9.84 Å². The predicted molar refractivity (Wildman–Crippen MR) is 53.2 cm³/mol. The number of nitrogens with zero attached hydrogens (tertiary/aromatic N) is 1. The van der Waals surface area contributed by atoms with Crippen LogP contribution in [0.4, 0.5) is 18.9 Å². The van der Waals surface area contributed by atoms with Crippen LogP contribution in [0.2, 0.25) is 0 Å². The molecule has 0 aromatic heterocycles. The highest BCUT2D eigenvalue weighted by atomic mass is 32.2. The van der Waals surface area contributed by atoms with Gasteiger partial charge in [0.1, 0.15) is 10.7 Å². The van der Waals surface area contributed by atoms with Crippen LogP contribution < -0.4 is 0 Å². The second-order valence-corrected chi connectivity index (χ2v) is 4.73. The first-order valence-electron chi connectivity index (χ1n) is 4.00. The van der Waals surface area contributed by atoms with Crippen LogP contribution in [0.3, 0.4) is 0 Å². The van der Waals surface area contributed by atoms with Crippen molar-refractivity contribution in [3.63, 3.8) is 0 Å². The van der Waals surface area contributed by atoms with Crippen molar-refractivity contribution in [2.45, 2.75) is 4.90 Å². The topological polar surface area (TPSA) is 77.3 Å². The molecule has 0 amide bonds. The minimum Gasteiger partial charge on any atom is -0.258 e. The first-order valence-corrected chi connectivity index (χ1v) is 5.89. The molecule has 1 aromatic carbocycles. The highest BCUT2D eigenvalue weighted by Gasteiger charge is 2.22. The third-order valence-corrected chi connectivity index (χ3v) is 2.66. The summed E-state index contributed by atoms with van der Waals surface area (Å²) < 4.78 is 53.9. The standard InChI is InChI=1S/C7H6FNO4S.CH2F2/c1-14(12,13)7-3-2-5(8)4-6(7)9(10)11;2-1-3/h2-4H,1H3;1H2. The lowest BCUT2D eigenvalue weighted by atomic mass is 10.3. The molecule has 0 spiro atoms. The normalized spacial score (nSPS) is 10.4. The van der Waals surface area contributed by atoms with Crippen molar-refractivity contribution in [1.82, 2.24) is 0 Å². The molecule has 0 atom stereocenters. The number of hydrogen-bond acceptors (Lipinski definition) is 4. The Hall–Kier alpha value is -1.64. The Morgan fingerprint density at radius 1 is 1.35 bits per heavy atom. The van der Waals surface area contributed by atoms with Gasteiger partial charge in [0.05, 0.1) is 11.0 Å². The van der Waals surface area contributed by atoms with Gasteiger partial charge in [-0.2, -0.15) is 0 Å². The SMILES string of the molecule is CS(=O)(=O)c1ccc(F)cc1[N+](=O)[O-].FCF. The van der Waals surface area contributed by atoms with E-state index >= 15 is 0 Å². The van der Waals surface area contributed by atoms with Gasteiger partial charge in [-0.05, 0) is 12.1 Å². The van der Waals surface area contributed by atoms with E-state index in [1.54, 1.807) is 0 Å². The van der Waals surface area contributed by atoms with E-state index in [-0.39, 0.29) is 0 Å². The van der Waals surface area contributed by atoms with Gasteiger partial charge >= 0.3 is 0 Å². The second-order valence-electron chi connectivity index (χ2n) is 2.74. The summed E-state index contributed by atoms with van der Waals surface area (Å²) in [4.78, 5) is 8.98. The van der Waals surface area contributed by atoms with Crippen LogP contribution in [0.5, 0.6) is 0 Å². The molecule has 0 bridgehead atoms. The largest absolute Gasteiger partial charge is 0.290 e. The number of halogens is 3. The van der Waals surface area contributed by atoms with Crippen LogP contribution in [0, 0.1) is 15.9 Å². The predicted octanol–water partition coefficient (Wildman–Crippen LogP) is 2.02. The molecule has 0 heterocycles. The van der Waals surface area contributed by atoms with E-state index in [1.165, 1.54) is 0 Å². The molecular weight excluding hydrogens is 263 g/mol. The maximum Gasteiger partial charge on any atom is 0.290 e. The van der Waals surface area contributed by atoms with Crippen LogP contribution in [0.15, 0.2) is 23.1 Å². The third kappa shape index (κ3) is 4.81. The summed E-state index contributed by atoms with van der Waals surface area (Å²) in [5.41, 5.74) is -0.743. The van der Waals surface area contributed by atoms with E-state index in [9.17, 15) is 31.7 Å². The monoisotopic (exact) mass is 271 g/mol.